The fourth-order valence-electron chi connectivity index (χ4n) is 2.69. The monoisotopic (exact) mass is 381 g/mol. The standard InChI is InChI=1S/C16H19Cl2N5.C2H6/c1-16(20)5-7-23(8-6-16)12-9-21-14(15(19)22-12)10-3-2-4-11(17)13(10)18;1-2/h2-4,9H,5-8,20H2,1H3,(H2,19,22);1-2H3. The van der Waals surface area contributed by atoms with E-state index in [1.807, 2.05) is 26.0 Å². The number of rotatable bonds is 2. The van der Waals surface area contributed by atoms with Crippen molar-refractivity contribution in [2.24, 2.45) is 5.73 Å². The lowest BCUT2D eigenvalue weighted by Crippen LogP contribution is -2.48. The van der Waals surface area contributed by atoms with Crippen molar-refractivity contribution in [3.63, 3.8) is 0 Å². The fourth-order valence-corrected chi connectivity index (χ4v) is 3.08. The maximum atomic E-state index is 6.24. The third-order valence-corrected chi connectivity index (χ3v) is 5.04. The van der Waals surface area contributed by atoms with E-state index in [4.69, 9.17) is 34.7 Å². The summed E-state index contributed by atoms with van der Waals surface area (Å²) in [5.74, 6) is 1.10. The average Bonchev–Trinajstić information content (AvgIpc) is 2.59. The predicted octanol–water partition coefficient (Wildman–Crippen LogP) is 4.38. The molecule has 25 heavy (non-hydrogen) atoms. The number of halogens is 2. The zero-order valence-electron chi connectivity index (χ0n) is 14.9. The first-order chi connectivity index (χ1) is 11.9. The Morgan fingerprint density at radius 3 is 2.40 bits per heavy atom. The van der Waals surface area contributed by atoms with Crippen LogP contribution in [0.15, 0.2) is 24.4 Å². The maximum absolute atomic E-state index is 6.24. The van der Waals surface area contributed by atoms with E-state index in [9.17, 15) is 0 Å². The second-order valence-electron chi connectivity index (χ2n) is 6.20. The van der Waals surface area contributed by atoms with Crippen molar-refractivity contribution in [1.82, 2.24) is 9.97 Å². The van der Waals surface area contributed by atoms with Crippen molar-refractivity contribution in [3.05, 3.63) is 34.4 Å². The van der Waals surface area contributed by atoms with E-state index in [0.29, 0.717) is 27.1 Å². The van der Waals surface area contributed by atoms with Gasteiger partial charge in [0.2, 0.25) is 0 Å². The summed E-state index contributed by atoms with van der Waals surface area (Å²) in [5.41, 5.74) is 13.4. The van der Waals surface area contributed by atoms with E-state index in [1.165, 1.54) is 0 Å². The molecule has 2 aromatic rings. The fraction of sp³-hybridized carbons (Fsp3) is 0.444. The Labute approximate surface area is 159 Å². The van der Waals surface area contributed by atoms with Crippen molar-refractivity contribution in [2.75, 3.05) is 23.7 Å². The normalized spacial score (nSPS) is 16.2. The van der Waals surface area contributed by atoms with E-state index in [-0.39, 0.29) is 5.54 Å². The van der Waals surface area contributed by atoms with Gasteiger partial charge in [-0.2, -0.15) is 0 Å². The number of benzene rings is 1. The summed E-state index contributed by atoms with van der Waals surface area (Å²) in [6.07, 6.45) is 3.55. The van der Waals surface area contributed by atoms with Crippen molar-refractivity contribution in [2.45, 2.75) is 39.2 Å². The molecule has 1 aliphatic rings. The number of nitrogen functional groups attached to an aromatic ring is 1. The summed E-state index contributed by atoms with van der Waals surface area (Å²) in [6, 6.07) is 5.36. The molecule has 0 aliphatic carbocycles. The van der Waals surface area contributed by atoms with Gasteiger partial charge in [0.15, 0.2) is 5.82 Å². The molecule has 0 bridgehead atoms. The maximum Gasteiger partial charge on any atom is 0.152 e. The van der Waals surface area contributed by atoms with Crippen LogP contribution in [0.3, 0.4) is 0 Å². The minimum atomic E-state index is -0.107. The number of hydrogen-bond acceptors (Lipinski definition) is 5. The third kappa shape index (κ3) is 4.54. The van der Waals surface area contributed by atoms with Gasteiger partial charge in [0.05, 0.1) is 16.2 Å². The highest BCUT2D eigenvalue weighted by atomic mass is 35.5. The number of nitrogens with zero attached hydrogens (tertiary/aromatic N) is 3. The highest BCUT2D eigenvalue weighted by Gasteiger charge is 2.27. The van der Waals surface area contributed by atoms with Gasteiger partial charge in [-0.3, -0.25) is 0 Å². The summed E-state index contributed by atoms with van der Waals surface area (Å²) in [4.78, 5) is 11.1. The Morgan fingerprint density at radius 1 is 1.16 bits per heavy atom. The van der Waals surface area contributed by atoms with E-state index in [1.54, 1.807) is 12.3 Å². The summed E-state index contributed by atoms with van der Waals surface area (Å²) >= 11 is 12.3. The van der Waals surface area contributed by atoms with Crippen LogP contribution in [0.1, 0.15) is 33.6 Å². The second-order valence-corrected chi connectivity index (χ2v) is 6.99. The molecule has 0 amide bonds. The van der Waals surface area contributed by atoms with Gasteiger partial charge in [-0.1, -0.05) is 49.2 Å². The third-order valence-electron chi connectivity index (χ3n) is 4.22. The van der Waals surface area contributed by atoms with Crippen LogP contribution in [0.5, 0.6) is 0 Å². The summed E-state index contributed by atoms with van der Waals surface area (Å²) in [7, 11) is 0. The van der Waals surface area contributed by atoms with Gasteiger partial charge < -0.3 is 16.4 Å². The molecule has 0 atom stereocenters. The molecule has 1 aliphatic heterocycles. The van der Waals surface area contributed by atoms with Gasteiger partial charge in [0, 0.05) is 24.2 Å². The lowest BCUT2D eigenvalue weighted by atomic mass is 9.91. The first kappa shape index (κ1) is 19.8. The molecule has 1 aromatic heterocycles. The molecule has 1 saturated heterocycles. The highest BCUT2D eigenvalue weighted by Crippen LogP contribution is 2.35. The van der Waals surface area contributed by atoms with Crippen LogP contribution in [-0.2, 0) is 0 Å². The Morgan fingerprint density at radius 2 is 1.80 bits per heavy atom. The smallest absolute Gasteiger partial charge is 0.152 e. The van der Waals surface area contributed by atoms with E-state index < -0.39 is 0 Å². The molecule has 0 unspecified atom stereocenters. The van der Waals surface area contributed by atoms with Gasteiger partial charge in [0.25, 0.3) is 0 Å². The lowest BCUT2D eigenvalue weighted by Gasteiger charge is -2.37. The molecule has 3 rings (SSSR count). The van der Waals surface area contributed by atoms with E-state index in [0.717, 1.165) is 31.7 Å². The number of hydrogen-bond donors (Lipinski definition) is 2. The molecule has 136 valence electrons. The number of nitrogens with two attached hydrogens (primary N) is 2. The van der Waals surface area contributed by atoms with E-state index >= 15 is 0 Å². The SMILES string of the molecule is CC.CC1(N)CCN(c2cnc(-c3cccc(Cl)c3Cl)c(N)n2)CC1. The highest BCUT2D eigenvalue weighted by molar-refractivity contribution is 6.43. The first-order valence-corrected chi connectivity index (χ1v) is 9.24. The van der Waals surface area contributed by atoms with Crippen molar-refractivity contribution < 1.29 is 0 Å². The molecular weight excluding hydrogens is 357 g/mol. The van der Waals surface area contributed by atoms with Crippen LogP contribution in [-0.4, -0.2) is 28.6 Å². The summed E-state index contributed by atoms with van der Waals surface area (Å²) < 4.78 is 0. The van der Waals surface area contributed by atoms with Crippen LogP contribution < -0.4 is 16.4 Å². The number of aromatic nitrogens is 2. The molecule has 7 heteroatoms. The van der Waals surface area contributed by atoms with Crippen LogP contribution >= 0.6 is 23.2 Å². The molecule has 2 heterocycles. The van der Waals surface area contributed by atoms with E-state index in [2.05, 4.69) is 21.8 Å². The minimum absolute atomic E-state index is 0.107. The molecule has 0 spiro atoms. The predicted molar refractivity (Wildman–Crippen MR) is 107 cm³/mol. The first-order valence-electron chi connectivity index (χ1n) is 8.48. The zero-order valence-corrected chi connectivity index (χ0v) is 16.4. The lowest BCUT2D eigenvalue weighted by molar-refractivity contribution is 0.363. The molecule has 0 radical (unpaired) electrons. The zero-order chi connectivity index (χ0) is 18.6. The second kappa shape index (κ2) is 8.21. The average molecular weight is 382 g/mol. The van der Waals surface area contributed by atoms with Gasteiger partial charge in [-0.25, -0.2) is 9.97 Å². The van der Waals surface area contributed by atoms with Crippen LogP contribution in [0, 0.1) is 0 Å². The van der Waals surface area contributed by atoms with Crippen molar-refractivity contribution in [1.29, 1.82) is 0 Å². The van der Waals surface area contributed by atoms with Crippen LogP contribution in [0.4, 0.5) is 11.6 Å². The van der Waals surface area contributed by atoms with Gasteiger partial charge in [-0.05, 0) is 25.8 Å². The number of piperidine rings is 1. The summed E-state index contributed by atoms with van der Waals surface area (Å²) in [6.45, 7) is 7.77. The van der Waals surface area contributed by atoms with Gasteiger partial charge >= 0.3 is 0 Å². The van der Waals surface area contributed by atoms with Gasteiger partial charge in [-0.15, -0.1) is 0 Å². The molecule has 5 nitrogen and oxygen atoms in total. The minimum Gasteiger partial charge on any atom is -0.382 e. The Bertz CT molecular complexity index is 723. The molecule has 4 N–H and O–H groups in total. The Balaban J connectivity index is 0.00000109. The van der Waals surface area contributed by atoms with Crippen molar-refractivity contribution in [3.8, 4) is 11.3 Å². The topological polar surface area (TPSA) is 81.1 Å². The van der Waals surface area contributed by atoms with Gasteiger partial charge in [0.1, 0.15) is 11.5 Å². The quantitative estimate of drug-likeness (QED) is 0.806. The number of anilines is 2. The Hall–Kier alpha value is -1.56. The molecule has 1 aromatic carbocycles. The van der Waals surface area contributed by atoms with Crippen molar-refractivity contribution >= 4 is 34.8 Å². The van der Waals surface area contributed by atoms with Crippen LogP contribution in [0.25, 0.3) is 11.3 Å². The van der Waals surface area contributed by atoms with Crippen LogP contribution in [0.2, 0.25) is 10.0 Å². The molecule has 0 saturated carbocycles. The molecule has 1 fully saturated rings. The molecular formula is C18H25Cl2N5. The Kier molecular flexibility index (Phi) is 6.49. The largest absolute Gasteiger partial charge is 0.382 e. The summed E-state index contributed by atoms with van der Waals surface area (Å²) in [5, 5.41) is 0.896.